The number of nitrogens with two attached hydrogens (primary N) is 1. The molecule has 0 aliphatic carbocycles. The van der Waals surface area contributed by atoms with Crippen LogP contribution in [-0.4, -0.2) is 11.1 Å². The molecule has 82 valence electrons. The van der Waals surface area contributed by atoms with Crippen molar-refractivity contribution in [3.8, 4) is 0 Å². The van der Waals surface area contributed by atoms with Gasteiger partial charge in [0, 0.05) is 31.3 Å². The fourth-order valence-electron chi connectivity index (χ4n) is 2.15. The van der Waals surface area contributed by atoms with Crippen LogP contribution in [-0.2, 0) is 13.1 Å². The van der Waals surface area contributed by atoms with Crippen LogP contribution in [0.15, 0.2) is 10.9 Å². The summed E-state index contributed by atoms with van der Waals surface area (Å²) in [6.45, 7) is 6.22. The highest BCUT2D eigenvalue weighted by molar-refractivity contribution is 5.52. The average molecular weight is 207 g/mol. The summed E-state index contributed by atoms with van der Waals surface area (Å²) in [6.07, 6.45) is 0. The van der Waals surface area contributed by atoms with Crippen LogP contribution in [0.2, 0.25) is 0 Å². The Bertz CT molecular complexity index is 434. The number of rotatable bonds is 2. The highest BCUT2D eigenvalue weighted by Crippen LogP contribution is 2.26. The van der Waals surface area contributed by atoms with E-state index in [4.69, 9.17) is 5.73 Å². The second-order valence-electron chi connectivity index (χ2n) is 4.20. The third-order valence-electron chi connectivity index (χ3n) is 2.90. The lowest BCUT2D eigenvalue weighted by atomic mass is 9.98. The Morgan fingerprint density at radius 2 is 2.33 bits per heavy atom. The van der Waals surface area contributed by atoms with Crippen LogP contribution < -0.4 is 16.6 Å². The van der Waals surface area contributed by atoms with Gasteiger partial charge < -0.3 is 11.1 Å². The van der Waals surface area contributed by atoms with E-state index in [0.717, 1.165) is 30.0 Å². The fourth-order valence-corrected chi connectivity index (χ4v) is 2.15. The van der Waals surface area contributed by atoms with Gasteiger partial charge in [-0.15, -0.1) is 0 Å². The van der Waals surface area contributed by atoms with Crippen LogP contribution in [0.1, 0.15) is 30.9 Å². The summed E-state index contributed by atoms with van der Waals surface area (Å²) in [5.74, 6) is 1.26. The van der Waals surface area contributed by atoms with Crippen LogP contribution in [0.25, 0.3) is 0 Å². The smallest absolute Gasteiger partial charge is 0.252 e. The molecule has 0 bridgehead atoms. The highest BCUT2D eigenvalue weighted by Gasteiger charge is 2.19. The molecule has 0 amide bonds. The van der Waals surface area contributed by atoms with Gasteiger partial charge in [0.15, 0.2) is 0 Å². The van der Waals surface area contributed by atoms with E-state index < -0.39 is 0 Å². The minimum absolute atomic E-state index is 0.0795. The molecule has 3 N–H and O–H groups in total. The van der Waals surface area contributed by atoms with Crippen LogP contribution in [0, 0.1) is 0 Å². The van der Waals surface area contributed by atoms with E-state index in [1.54, 1.807) is 10.6 Å². The molecule has 1 aromatic heterocycles. The molecule has 2 heterocycles. The predicted molar refractivity (Wildman–Crippen MR) is 61.2 cm³/mol. The van der Waals surface area contributed by atoms with Gasteiger partial charge in [-0.1, -0.05) is 13.8 Å². The van der Waals surface area contributed by atoms with Crippen LogP contribution in [0.5, 0.6) is 0 Å². The van der Waals surface area contributed by atoms with Gasteiger partial charge in [-0.25, -0.2) is 0 Å². The molecule has 0 saturated heterocycles. The minimum atomic E-state index is 0.0795. The molecule has 0 atom stereocenters. The molecule has 15 heavy (non-hydrogen) atoms. The third-order valence-corrected chi connectivity index (χ3v) is 2.90. The molecule has 0 aromatic carbocycles. The zero-order valence-corrected chi connectivity index (χ0v) is 9.21. The molecule has 4 nitrogen and oxygen atoms in total. The van der Waals surface area contributed by atoms with Crippen molar-refractivity contribution in [2.75, 3.05) is 11.9 Å². The topological polar surface area (TPSA) is 60.0 Å². The van der Waals surface area contributed by atoms with Crippen molar-refractivity contribution >= 4 is 5.82 Å². The Balaban J connectivity index is 2.69. The Labute approximate surface area is 89.1 Å². The van der Waals surface area contributed by atoms with Crippen molar-refractivity contribution in [3.05, 3.63) is 27.5 Å². The van der Waals surface area contributed by atoms with Crippen LogP contribution in [0.3, 0.4) is 0 Å². The van der Waals surface area contributed by atoms with Crippen molar-refractivity contribution < 1.29 is 0 Å². The summed E-state index contributed by atoms with van der Waals surface area (Å²) < 4.78 is 1.77. The van der Waals surface area contributed by atoms with Crippen LogP contribution >= 0.6 is 0 Å². The second kappa shape index (κ2) is 3.70. The summed E-state index contributed by atoms with van der Waals surface area (Å²) in [5.41, 5.74) is 7.99. The Hall–Kier alpha value is -1.29. The van der Waals surface area contributed by atoms with Gasteiger partial charge in [-0.2, -0.15) is 0 Å². The van der Waals surface area contributed by atoms with Crippen molar-refractivity contribution in [3.63, 3.8) is 0 Å². The quantitative estimate of drug-likeness (QED) is 0.756. The average Bonchev–Trinajstić information content (AvgIpc) is 2.66. The SMILES string of the molecule is CC(C)c1cc(=O)n2c(c1CN)NCC2. The largest absolute Gasteiger partial charge is 0.369 e. The summed E-state index contributed by atoms with van der Waals surface area (Å²) in [6, 6.07) is 1.73. The lowest BCUT2D eigenvalue weighted by Crippen LogP contribution is -2.21. The van der Waals surface area contributed by atoms with E-state index >= 15 is 0 Å². The van der Waals surface area contributed by atoms with Crippen LogP contribution in [0.4, 0.5) is 5.82 Å². The maximum absolute atomic E-state index is 11.8. The number of anilines is 1. The van der Waals surface area contributed by atoms with Crippen molar-refractivity contribution in [2.45, 2.75) is 32.9 Å². The lowest BCUT2D eigenvalue weighted by Gasteiger charge is -2.15. The number of nitrogens with one attached hydrogen (secondary N) is 1. The first kappa shape index (κ1) is 10.2. The molecule has 4 heteroatoms. The second-order valence-corrected chi connectivity index (χ2v) is 4.20. The maximum Gasteiger partial charge on any atom is 0.252 e. The standard InChI is InChI=1S/C11H17N3O/c1-7(2)8-5-10(15)14-4-3-13-11(14)9(8)6-12/h5,7,13H,3-4,6,12H2,1-2H3. The molecule has 1 aliphatic rings. The van der Waals surface area contributed by atoms with Crippen molar-refractivity contribution in [2.24, 2.45) is 5.73 Å². The first-order chi connectivity index (χ1) is 7.15. The summed E-state index contributed by atoms with van der Waals surface area (Å²) >= 11 is 0. The molecule has 0 radical (unpaired) electrons. The third kappa shape index (κ3) is 1.55. The predicted octanol–water partition coefficient (Wildman–Crippen LogP) is 0.856. The fraction of sp³-hybridized carbons (Fsp3) is 0.545. The summed E-state index contributed by atoms with van der Waals surface area (Å²) in [7, 11) is 0. The van der Waals surface area contributed by atoms with Gasteiger partial charge in [-0.3, -0.25) is 9.36 Å². The minimum Gasteiger partial charge on any atom is -0.369 e. The summed E-state index contributed by atoms with van der Waals surface area (Å²) in [5, 5.41) is 3.24. The number of fused-ring (bicyclic) bond motifs is 1. The van der Waals surface area contributed by atoms with E-state index in [-0.39, 0.29) is 5.56 Å². The van der Waals surface area contributed by atoms with Gasteiger partial charge in [-0.05, 0) is 11.5 Å². The van der Waals surface area contributed by atoms with Gasteiger partial charge in [0.1, 0.15) is 5.82 Å². The highest BCUT2D eigenvalue weighted by atomic mass is 16.1. The number of pyridine rings is 1. The Morgan fingerprint density at radius 1 is 1.60 bits per heavy atom. The zero-order valence-electron chi connectivity index (χ0n) is 9.21. The maximum atomic E-state index is 11.8. The van der Waals surface area contributed by atoms with Gasteiger partial charge in [0.05, 0.1) is 0 Å². The molecule has 0 spiro atoms. The number of nitrogens with zero attached hydrogens (tertiary/aromatic N) is 1. The zero-order chi connectivity index (χ0) is 11.0. The van der Waals surface area contributed by atoms with Gasteiger partial charge in [0.2, 0.25) is 0 Å². The van der Waals surface area contributed by atoms with E-state index in [1.807, 2.05) is 0 Å². The van der Waals surface area contributed by atoms with Crippen molar-refractivity contribution in [1.82, 2.24) is 4.57 Å². The molecule has 0 fully saturated rings. The van der Waals surface area contributed by atoms with Gasteiger partial charge in [0.25, 0.3) is 5.56 Å². The Kier molecular flexibility index (Phi) is 2.52. The Morgan fingerprint density at radius 3 is 2.93 bits per heavy atom. The lowest BCUT2D eigenvalue weighted by molar-refractivity contribution is 0.749. The molecular formula is C11H17N3O. The van der Waals surface area contributed by atoms with E-state index in [2.05, 4.69) is 19.2 Å². The van der Waals surface area contributed by atoms with E-state index in [9.17, 15) is 4.79 Å². The molecule has 2 rings (SSSR count). The summed E-state index contributed by atoms with van der Waals surface area (Å²) in [4.78, 5) is 11.8. The van der Waals surface area contributed by atoms with Crippen molar-refractivity contribution in [1.29, 1.82) is 0 Å². The van der Waals surface area contributed by atoms with E-state index in [1.165, 1.54) is 0 Å². The molecular weight excluding hydrogens is 190 g/mol. The first-order valence-corrected chi connectivity index (χ1v) is 5.35. The first-order valence-electron chi connectivity index (χ1n) is 5.35. The molecule has 0 unspecified atom stereocenters. The molecule has 1 aliphatic heterocycles. The number of hydrogen-bond acceptors (Lipinski definition) is 3. The normalized spacial score (nSPS) is 14.1. The van der Waals surface area contributed by atoms with E-state index in [0.29, 0.717) is 12.5 Å². The monoisotopic (exact) mass is 207 g/mol. The molecule has 1 aromatic rings. The molecule has 0 saturated carbocycles. The van der Waals surface area contributed by atoms with Gasteiger partial charge >= 0.3 is 0 Å². The number of aromatic nitrogens is 1. The number of hydrogen-bond donors (Lipinski definition) is 2.